The fraction of sp³-hybridized carbons (Fsp3) is 0.348. The number of rotatable bonds is 4. The van der Waals surface area contributed by atoms with E-state index in [9.17, 15) is 4.79 Å². The van der Waals surface area contributed by atoms with Crippen LogP contribution in [0.3, 0.4) is 0 Å². The zero-order valence-electron chi connectivity index (χ0n) is 15.9. The van der Waals surface area contributed by atoms with Gasteiger partial charge in [0.25, 0.3) is 0 Å². The van der Waals surface area contributed by atoms with Crippen LogP contribution in [0.5, 0.6) is 0 Å². The van der Waals surface area contributed by atoms with E-state index in [2.05, 4.69) is 27.4 Å². The number of nitrogens with one attached hydrogen (secondary N) is 1. The predicted octanol–water partition coefficient (Wildman–Crippen LogP) is 5.83. The largest absolute Gasteiger partial charge is 0.326 e. The zero-order valence-corrected chi connectivity index (χ0v) is 16.7. The lowest BCUT2D eigenvalue weighted by atomic mass is 9.73. The second-order valence-corrected chi connectivity index (χ2v) is 8.11. The summed E-state index contributed by atoms with van der Waals surface area (Å²) < 4.78 is 0. The molecule has 4 nitrogen and oxygen atoms in total. The standard InChI is InChI=1S/C23H24ClN3O/c1-15(23(28)27-19-10-8-18(24)9-11-19)16-4-6-17(7-5-16)20-12-14-26-22-21(20)3-2-13-25-22/h2-3,8-17H,4-7H2,1H3,(H,27,28)/t15-,16-,17+/m0/s1. The third-order valence-corrected chi connectivity index (χ3v) is 6.24. The van der Waals surface area contributed by atoms with Crippen LogP contribution in [0.1, 0.15) is 44.1 Å². The molecule has 0 saturated heterocycles. The molecule has 1 aliphatic rings. The molecule has 2 heterocycles. The first kappa shape index (κ1) is 18.9. The van der Waals surface area contributed by atoms with Gasteiger partial charge in [0.15, 0.2) is 5.65 Å². The summed E-state index contributed by atoms with van der Waals surface area (Å²) in [7, 11) is 0. The van der Waals surface area contributed by atoms with Crippen LogP contribution in [0.2, 0.25) is 5.02 Å². The summed E-state index contributed by atoms with van der Waals surface area (Å²) in [5.74, 6) is 1.00. The number of carbonyl (C=O) groups is 1. The molecule has 1 saturated carbocycles. The molecule has 144 valence electrons. The molecule has 3 aromatic rings. The Labute approximate surface area is 170 Å². The van der Waals surface area contributed by atoms with Crippen LogP contribution in [0, 0.1) is 11.8 Å². The van der Waals surface area contributed by atoms with Gasteiger partial charge in [-0.05, 0) is 85.5 Å². The van der Waals surface area contributed by atoms with Gasteiger partial charge in [-0.25, -0.2) is 9.97 Å². The fourth-order valence-electron chi connectivity index (χ4n) is 4.29. The van der Waals surface area contributed by atoms with Gasteiger partial charge in [0.1, 0.15) is 0 Å². The number of pyridine rings is 2. The van der Waals surface area contributed by atoms with E-state index >= 15 is 0 Å². The molecule has 1 aromatic carbocycles. The van der Waals surface area contributed by atoms with Crippen molar-refractivity contribution in [2.45, 2.75) is 38.5 Å². The minimum atomic E-state index is -0.00696. The van der Waals surface area contributed by atoms with E-state index in [1.165, 1.54) is 5.56 Å². The summed E-state index contributed by atoms with van der Waals surface area (Å²) in [6, 6.07) is 13.5. The normalized spacial score (nSPS) is 20.6. The number of anilines is 1. The third kappa shape index (κ3) is 4.02. The summed E-state index contributed by atoms with van der Waals surface area (Å²) in [4.78, 5) is 21.4. The van der Waals surface area contributed by atoms with Crippen molar-refractivity contribution in [1.82, 2.24) is 9.97 Å². The van der Waals surface area contributed by atoms with Gasteiger partial charge >= 0.3 is 0 Å². The highest BCUT2D eigenvalue weighted by molar-refractivity contribution is 6.30. The molecule has 0 radical (unpaired) electrons. The van der Waals surface area contributed by atoms with Crippen LogP contribution in [0.4, 0.5) is 5.69 Å². The Morgan fingerprint density at radius 2 is 1.75 bits per heavy atom. The maximum absolute atomic E-state index is 12.7. The summed E-state index contributed by atoms with van der Waals surface area (Å²) in [5, 5.41) is 4.84. The SMILES string of the molecule is C[C@H](C(=O)Nc1ccc(Cl)cc1)[C@H]1CC[C@@H](c2ccnc3ncccc32)CC1. The number of carbonyl (C=O) groups excluding carboxylic acids is 1. The van der Waals surface area contributed by atoms with E-state index < -0.39 is 0 Å². The topological polar surface area (TPSA) is 54.9 Å². The first-order valence-electron chi connectivity index (χ1n) is 9.88. The molecular formula is C23H24ClN3O. The van der Waals surface area contributed by atoms with Gasteiger partial charge in [-0.15, -0.1) is 0 Å². The van der Waals surface area contributed by atoms with Crippen LogP contribution in [-0.4, -0.2) is 15.9 Å². The third-order valence-electron chi connectivity index (χ3n) is 5.99. The maximum atomic E-state index is 12.7. The Morgan fingerprint density at radius 1 is 1.04 bits per heavy atom. The molecule has 28 heavy (non-hydrogen) atoms. The van der Waals surface area contributed by atoms with Crippen LogP contribution in [0.15, 0.2) is 54.9 Å². The highest BCUT2D eigenvalue weighted by Crippen LogP contribution is 2.40. The number of benzene rings is 1. The average Bonchev–Trinajstić information content (AvgIpc) is 2.74. The minimum Gasteiger partial charge on any atom is -0.326 e. The number of hydrogen-bond donors (Lipinski definition) is 1. The molecule has 4 rings (SSSR count). The molecule has 0 spiro atoms. The first-order chi connectivity index (χ1) is 13.6. The monoisotopic (exact) mass is 393 g/mol. The Balaban J connectivity index is 1.39. The van der Waals surface area contributed by atoms with Crippen LogP contribution in [0.25, 0.3) is 11.0 Å². The lowest BCUT2D eigenvalue weighted by Gasteiger charge is -2.32. The Morgan fingerprint density at radius 3 is 2.50 bits per heavy atom. The number of halogens is 1. The Bertz CT molecular complexity index is 960. The van der Waals surface area contributed by atoms with Crippen molar-refractivity contribution < 1.29 is 4.79 Å². The highest BCUT2D eigenvalue weighted by Gasteiger charge is 2.30. The second kappa shape index (κ2) is 8.27. The first-order valence-corrected chi connectivity index (χ1v) is 10.3. The van der Waals surface area contributed by atoms with E-state index in [0.29, 0.717) is 16.9 Å². The van der Waals surface area contributed by atoms with E-state index in [4.69, 9.17) is 11.6 Å². The summed E-state index contributed by atoms with van der Waals surface area (Å²) in [5.41, 5.74) is 2.96. The predicted molar refractivity (Wildman–Crippen MR) is 113 cm³/mol. The number of fused-ring (bicyclic) bond motifs is 1. The van der Waals surface area contributed by atoms with Crippen molar-refractivity contribution in [2.75, 3.05) is 5.32 Å². The molecule has 0 aliphatic heterocycles. The molecule has 0 unspecified atom stereocenters. The van der Waals surface area contributed by atoms with Crippen molar-refractivity contribution in [3.63, 3.8) is 0 Å². The van der Waals surface area contributed by atoms with Crippen molar-refractivity contribution in [1.29, 1.82) is 0 Å². The van der Waals surface area contributed by atoms with Gasteiger partial charge in [0.2, 0.25) is 5.91 Å². The van der Waals surface area contributed by atoms with Gasteiger partial charge in [0, 0.05) is 34.4 Å². The van der Waals surface area contributed by atoms with Gasteiger partial charge in [-0.3, -0.25) is 4.79 Å². The molecule has 1 amide bonds. The molecular weight excluding hydrogens is 370 g/mol. The van der Waals surface area contributed by atoms with E-state index in [0.717, 1.165) is 42.4 Å². The average molecular weight is 394 g/mol. The van der Waals surface area contributed by atoms with Crippen LogP contribution >= 0.6 is 11.6 Å². The summed E-state index contributed by atoms with van der Waals surface area (Å²) in [6.45, 7) is 2.04. The molecule has 1 N–H and O–H groups in total. The van der Waals surface area contributed by atoms with Gasteiger partial charge in [-0.2, -0.15) is 0 Å². The second-order valence-electron chi connectivity index (χ2n) is 7.67. The lowest BCUT2D eigenvalue weighted by molar-refractivity contribution is -0.121. The molecule has 1 aliphatic carbocycles. The van der Waals surface area contributed by atoms with Crippen molar-refractivity contribution in [3.05, 3.63) is 65.4 Å². The van der Waals surface area contributed by atoms with Crippen molar-refractivity contribution in [2.24, 2.45) is 11.8 Å². The van der Waals surface area contributed by atoms with Gasteiger partial charge < -0.3 is 5.32 Å². The number of aromatic nitrogens is 2. The van der Waals surface area contributed by atoms with E-state index in [1.807, 2.05) is 31.3 Å². The quantitative estimate of drug-likeness (QED) is 0.606. The minimum absolute atomic E-state index is 0.00696. The van der Waals surface area contributed by atoms with Crippen molar-refractivity contribution >= 4 is 34.2 Å². The molecule has 1 atom stereocenters. The summed E-state index contributed by atoms with van der Waals surface area (Å²) in [6.07, 6.45) is 7.96. The number of amides is 1. The highest BCUT2D eigenvalue weighted by atomic mass is 35.5. The Kier molecular flexibility index (Phi) is 5.58. The molecule has 0 bridgehead atoms. The summed E-state index contributed by atoms with van der Waals surface area (Å²) >= 11 is 5.91. The Hall–Kier alpha value is -2.46. The van der Waals surface area contributed by atoms with E-state index in [-0.39, 0.29) is 11.8 Å². The fourth-order valence-corrected chi connectivity index (χ4v) is 4.42. The number of nitrogens with zero attached hydrogens (tertiary/aromatic N) is 2. The maximum Gasteiger partial charge on any atom is 0.227 e. The van der Waals surface area contributed by atoms with Gasteiger partial charge in [0.05, 0.1) is 0 Å². The molecule has 1 fully saturated rings. The molecule has 5 heteroatoms. The van der Waals surface area contributed by atoms with Crippen molar-refractivity contribution in [3.8, 4) is 0 Å². The zero-order chi connectivity index (χ0) is 19.5. The van der Waals surface area contributed by atoms with E-state index in [1.54, 1.807) is 18.3 Å². The number of hydrogen-bond acceptors (Lipinski definition) is 3. The van der Waals surface area contributed by atoms with Crippen LogP contribution < -0.4 is 5.32 Å². The van der Waals surface area contributed by atoms with Crippen LogP contribution in [-0.2, 0) is 4.79 Å². The smallest absolute Gasteiger partial charge is 0.227 e. The molecule has 2 aromatic heterocycles. The van der Waals surface area contributed by atoms with Gasteiger partial charge in [-0.1, -0.05) is 18.5 Å². The lowest BCUT2D eigenvalue weighted by Crippen LogP contribution is -2.29.